The SMILES string of the molecule is CC(C)OC(=O)CSc1nncn1-c1cccc(Cl)c1. The first kappa shape index (κ1) is 14.9. The number of carbonyl (C=O) groups is 1. The molecule has 20 heavy (non-hydrogen) atoms. The van der Waals surface area contributed by atoms with Crippen LogP contribution in [0.5, 0.6) is 0 Å². The molecule has 1 aromatic heterocycles. The van der Waals surface area contributed by atoms with Crippen LogP contribution in [0.3, 0.4) is 0 Å². The van der Waals surface area contributed by atoms with Crippen molar-refractivity contribution >= 4 is 29.3 Å². The Morgan fingerprint density at radius 3 is 3.00 bits per heavy atom. The number of rotatable bonds is 5. The van der Waals surface area contributed by atoms with Gasteiger partial charge in [-0.2, -0.15) is 0 Å². The summed E-state index contributed by atoms with van der Waals surface area (Å²) >= 11 is 7.24. The zero-order chi connectivity index (χ0) is 14.5. The maximum atomic E-state index is 11.5. The van der Waals surface area contributed by atoms with Crippen LogP contribution in [0.1, 0.15) is 13.8 Å². The molecule has 2 rings (SSSR count). The van der Waals surface area contributed by atoms with E-state index < -0.39 is 0 Å². The van der Waals surface area contributed by atoms with Crippen molar-refractivity contribution in [3.05, 3.63) is 35.6 Å². The summed E-state index contributed by atoms with van der Waals surface area (Å²) in [5.41, 5.74) is 0.849. The Bertz CT molecular complexity index is 601. The maximum Gasteiger partial charge on any atom is 0.316 e. The van der Waals surface area contributed by atoms with Crippen LogP contribution in [0.2, 0.25) is 5.02 Å². The summed E-state index contributed by atoms with van der Waals surface area (Å²) in [6.45, 7) is 3.63. The highest BCUT2D eigenvalue weighted by Gasteiger charge is 2.12. The van der Waals surface area contributed by atoms with Crippen LogP contribution in [0.15, 0.2) is 35.7 Å². The highest BCUT2D eigenvalue weighted by atomic mass is 35.5. The Balaban J connectivity index is 2.08. The molecular weight excluding hydrogens is 298 g/mol. The van der Waals surface area contributed by atoms with E-state index in [1.54, 1.807) is 23.0 Å². The second-order valence-corrected chi connectivity index (χ2v) is 5.67. The summed E-state index contributed by atoms with van der Waals surface area (Å²) in [4.78, 5) is 11.5. The first-order chi connectivity index (χ1) is 9.56. The fourth-order valence-electron chi connectivity index (χ4n) is 1.55. The molecular formula is C13H14ClN3O2S. The van der Waals surface area contributed by atoms with Crippen LogP contribution >= 0.6 is 23.4 Å². The fourth-order valence-corrected chi connectivity index (χ4v) is 2.44. The van der Waals surface area contributed by atoms with Gasteiger partial charge in [0.25, 0.3) is 0 Å². The average Bonchev–Trinajstić information content (AvgIpc) is 2.84. The number of aromatic nitrogens is 3. The lowest BCUT2D eigenvalue weighted by Gasteiger charge is -2.08. The summed E-state index contributed by atoms with van der Waals surface area (Å²) in [6.07, 6.45) is 1.47. The number of carbonyl (C=O) groups excluding carboxylic acids is 1. The van der Waals surface area contributed by atoms with Crippen LogP contribution in [0.4, 0.5) is 0 Å². The van der Waals surface area contributed by atoms with Crippen molar-refractivity contribution in [2.75, 3.05) is 5.75 Å². The number of esters is 1. The van der Waals surface area contributed by atoms with Crippen molar-refractivity contribution in [3.8, 4) is 5.69 Å². The van der Waals surface area contributed by atoms with Crippen molar-refractivity contribution < 1.29 is 9.53 Å². The van der Waals surface area contributed by atoms with Crippen molar-refractivity contribution in [2.24, 2.45) is 0 Å². The van der Waals surface area contributed by atoms with Crippen LogP contribution in [0.25, 0.3) is 5.69 Å². The number of hydrogen-bond donors (Lipinski definition) is 0. The number of halogens is 1. The standard InChI is InChI=1S/C13H14ClN3O2S/c1-9(2)19-12(18)7-20-13-16-15-8-17(13)11-5-3-4-10(14)6-11/h3-6,8-9H,7H2,1-2H3. The summed E-state index contributed by atoms with van der Waals surface area (Å²) < 4.78 is 6.85. The third kappa shape index (κ3) is 3.98. The van der Waals surface area contributed by atoms with E-state index in [0.29, 0.717) is 10.2 Å². The summed E-state index contributed by atoms with van der Waals surface area (Å²) in [7, 11) is 0. The van der Waals surface area contributed by atoms with Gasteiger partial charge < -0.3 is 4.74 Å². The molecule has 1 heterocycles. The highest BCUT2D eigenvalue weighted by molar-refractivity contribution is 7.99. The summed E-state index contributed by atoms with van der Waals surface area (Å²) in [5.74, 6) is -0.0806. The van der Waals surface area contributed by atoms with Gasteiger partial charge in [-0.05, 0) is 32.0 Å². The smallest absolute Gasteiger partial charge is 0.316 e. The van der Waals surface area contributed by atoms with Gasteiger partial charge in [-0.1, -0.05) is 29.4 Å². The number of thioether (sulfide) groups is 1. The molecule has 1 aromatic carbocycles. The Labute approximate surface area is 126 Å². The van der Waals surface area contributed by atoms with Gasteiger partial charge in [-0.15, -0.1) is 10.2 Å². The predicted molar refractivity (Wildman–Crippen MR) is 78.3 cm³/mol. The van der Waals surface area contributed by atoms with Gasteiger partial charge in [0.2, 0.25) is 0 Å². The summed E-state index contributed by atoms with van der Waals surface area (Å²) in [6, 6.07) is 7.34. The Kier molecular flexibility index (Phi) is 5.03. The lowest BCUT2D eigenvalue weighted by atomic mass is 10.3. The third-order valence-corrected chi connectivity index (χ3v) is 3.44. The molecule has 0 saturated heterocycles. The topological polar surface area (TPSA) is 57.0 Å². The van der Waals surface area contributed by atoms with Gasteiger partial charge in [0.05, 0.1) is 17.5 Å². The molecule has 2 aromatic rings. The minimum absolute atomic E-state index is 0.117. The number of ether oxygens (including phenoxy) is 1. The van der Waals surface area contributed by atoms with Gasteiger partial charge in [0, 0.05) is 5.02 Å². The van der Waals surface area contributed by atoms with E-state index in [1.807, 2.05) is 26.0 Å². The van der Waals surface area contributed by atoms with Crippen molar-refractivity contribution in [1.82, 2.24) is 14.8 Å². The molecule has 0 N–H and O–H groups in total. The van der Waals surface area contributed by atoms with Crippen LogP contribution in [0, 0.1) is 0 Å². The minimum atomic E-state index is -0.273. The first-order valence-corrected chi connectivity index (χ1v) is 7.41. The van der Waals surface area contributed by atoms with Crippen LogP contribution in [-0.2, 0) is 9.53 Å². The van der Waals surface area contributed by atoms with Crippen molar-refractivity contribution in [1.29, 1.82) is 0 Å². The quantitative estimate of drug-likeness (QED) is 0.627. The monoisotopic (exact) mass is 311 g/mol. The third-order valence-electron chi connectivity index (χ3n) is 2.29. The molecule has 0 aliphatic carbocycles. The number of nitrogens with zero attached hydrogens (tertiary/aromatic N) is 3. The van der Waals surface area contributed by atoms with Crippen LogP contribution < -0.4 is 0 Å². The summed E-state index contributed by atoms with van der Waals surface area (Å²) in [5, 5.41) is 9.11. The van der Waals surface area contributed by atoms with E-state index in [1.165, 1.54) is 11.8 Å². The average molecular weight is 312 g/mol. The van der Waals surface area contributed by atoms with E-state index in [2.05, 4.69) is 10.2 Å². The molecule has 0 aliphatic heterocycles. The molecule has 0 spiro atoms. The van der Waals surface area contributed by atoms with E-state index >= 15 is 0 Å². The largest absolute Gasteiger partial charge is 0.462 e. The van der Waals surface area contributed by atoms with E-state index in [0.717, 1.165) is 5.69 Å². The second kappa shape index (κ2) is 6.76. The molecule has 0 fully saturated rings. The van der Waals surface area contributed by atoms with Gasteiger partial charge in [-0.25, -0.2) is 0 Å². The lowest BCUT2D eigenvalue weighted by molar-refractivity contribution is -0.144. The molecule has 0 aliphatic rings. The fraction of sp³-hybridized carbons (Fsp3) is 0.308. The molecule has 0 atom stereocenters. The normalized spacial score (nSPS) is 10.8. The molecule has 0 saturated carbocycles. The van der Waals surface area contributed by atoms with E-state index in [4.69, 9.17) is 16.3 Å². The molecule has 0 radical (unpaired) electrons. The van der Waals surface area contributed by atoms with Crippen LogP contribution in [-0.4, -0.2) is 32.6 Å². The minimum Gasteiger partial charge on any atom is -0.462 e. The van der Waals surface area contributed by atoms with Crippen molar-refractivity contribution in [3.63, 3.8) is 0 Å². The Hall–Kier alpha value is -1.53. The van der Waals surface area contributed by atoms with Gasteiger partial charge in [-0.3, -0.25) is 9.36 Å². The van der Waals surface area contributed by atoms with Gasteiger partial charge >= 0.3 is 5.97 Å². The molecule has 0 unspecified atom stereocenters. The van der Waals surface area contributed by atoms with E-state index in [9.17, 15) is 4.79 Å². The zero-order valence-electron chi connectivity index (χ0n) is 11.1. The molecule has 7 heteroatoms. The van der Waals surface area contributed by atoms with Crippen molar-refractivity contribution in [2.45, 2.75) is 25.1 Å². The zero-order valence-corrected chi connectivity index (χ0v) is 12.7. The van der Waals surface area contributed by atoms with Gasteiger partial charge in [0.1, 0.15) is 6.33 Å². The molecule has 5 nitrogen and oxygen atoms in total. The van der Waals surface area contributed by atoms with Gasteiger partial charge in [0.15, 0.2) is 5.16 Å². The second-order valence-electron chi connectivity index (χ2n) is 4.29. The number of benzene rings is 1. The Morgan fingerprint density at radius 2 is 2.30 bits per heavy atom. The predicted octanol–water partition coefficient (Wildman–Crippen LogP) is 2.96. The van der Waals surface area contributed by atoms with E-state index in [-0.39, 0.29) is 17.8 Å². The Morgan fingerprint density at radius 1 is 1.50 bits per heavy atom. The highest BCUT2D eigenvalue weighted by Crippen LogP contribution is 2.21. The first-order valence-electron chi connectivity index (χ1n) is 6.04. The molecule has 0 bridgehead atoms. The molecule has 106 valence electrons. The number of hydrogen-bond acceptors (Lipinski definition) is 5. The lowest BCUT2D eigenvalue weighted by Crippen LogP contribution is -2.13. The molecule has 0 amide bonds. The maximum absolute atomic E-state index is 11.5.